The molecule has 0 heterocycles. The summed E-state index contributed by atoms with van der Waals surface area (Å²) in [6.45, 7) is 0. The van der Waals surface area contributed by atoms with E-state index in [1.807, 2.05) is 0 Å². The van der Waals surface area contributed by atoms with Crippen molar-refractivity contribution in [2.45, 2.75) is 6.18 Å². The zero-order valence-corrected chi connectivity index (χ0v) is 21.0. The fraction of sp³-hybridized carbons (Fsp3) is 0.0385. The largest absolute Gasteiger partial charge is 0.422 e. The number of hydrogen-bond acceptors (Lipinski definition) is 3. The Kier molecular flexibility index (Phi) is 8.04. The molecule has 46 heavy (non-hydrogen) atoms. The number of halogens is 17. The quantitative estimate of drug-likeness (QED) is 0.129. The molecule has 0 aromatic heterocycles. The van der Waals surface area contributed by atoms with E-state index in [1.165, 1.54) is 0 Å². The number of nitriles is 1. The van der Waals surface area contributed by atoms with Gasteiger partial charge in [-0.3, -0.25) is 0 Å². The van der Waals surface area contributed by atoms with E-state index in [9.17, 15) is 79.9 Å². The molecular formula is C26H4F17N3. The van der Waals surface area contributed by atoms with Gasteiger partial charge in [0.15, 0.2) is 69.8 Å². The lowest BCUT2D eigenvalue weighted by atomic mass is 10.0. The second-order valence-electron chi connectivity index (χ2n) is 8.83. The molecule has 3 nitrogen and oxygen atoms in total. The predicted molar refractivity (Wildman–Crippen MR) is 118 cm³/mol. The van der Waals surface area contributed by atoms with Crippen LogP contribution in [0.5, 0.6) is 0 Å². The molecule has 4 rings (SSSR count). The summed E-state index contributed by atoms with van der Waals surface area (Å²) in [7, 11) is 0. The van der Waals surface area contributed by atoms with E-state index in [2.05, 4.69) is 0 Å². The first kappa shape index (κ1) is 33.7. The van der Waals surface area contributed by atoms with Crippen molar-refractivity contribution in [1.82, 2.24) is 0 Å². The maximum Gasteiger partial charge on any atom is 0.422 e. The van der Waals surface area contributed by atoms with Gasteiger partial charge in [-0.1, -0.05) is 0 Å². The van der Waals surface area contributed by atoms with Gasteiger partial charge in [0.25, 0.3) is 0 Å². The van der Waals surface area contributed by atoms with Gasteiger partial charge in [0, 0.05) is 16.7 Å². The first-order valence-corrected chi connectivity index (χ1v) is 11.3. The highest BCUT2D eigenvalue weighted by atomic mass is 19.4. The summed E-state index contributed by atoms with van der Waals surface area (Å²) in [6, 6.07) is 0.835. The molecule has 0 saturated heterocycles. The van der Waals surface area contributed by atoms with Crippen molar-refractivity contribution < 1.29 is 74.6 Å². The molecule has 0 bridgehead atoms. The molecule has 0 unspecified atom stereocenters. The van der Waals surface area contributed by atoms with Crippen LogP contribution >= 0.6 is 0 Å². The van der Waals surface area contributed by atoms with Gasteiger partial charge in [-0.05, 0) is 0 Å². The van der Waals surface area contributed by atoms with Crippen LogP contribution in [0.4, 0.5) is 74.6 Å². The molecule has 20 heteroatoms. The summed E-state index contributed by atoms with van der Waals surface area (Å²) in [5.74, 6) is -39.9. The smallest absolute Gasteiger partial charge is 0.398 e. The molecule has 242 valence electrons. The van der Waals surface area contributed by atoms with Crippen molar-refractivity contribution in [3.8, 4) is 6.07 Å². The Bertz CT molecular complexity index is 1960. The van der Waals surface area contributed by atoms with Crippen molar-refractivity contribution >= 4 is 17.0 Å². The topological polar surface area (TPSA) is 75.8 Å². The van der Waals surface area contributed by atoms with Crippen LogP contribution in [0.15, 0.2) is 16.7 Å². The predicted octanol–water partition coefficient (Wildman–Crippen LogP) is 7.68. The summed E-state index contributed by atoms with van der Waals surface area (Å²) >= 11 is 0. The van der Waals surface area contributed by atoms with Crippen LogP contribution in [0.1, 0.15) is 22.3 Å². The van der Waals surface area contributed by atoms with E-state index in [-0.39, 0.29) is 0 Å². The normalized spacial score (nSPS) is 16.4. The molecule has 3 aromatic carbocycles. The van der Waals surface area contributed by atoms with Crippen molar-refractivity contribution in [3.63, 3.8) is 0 Å². The third-order valence-electron chi connectivity index (χ3n) is 6.34. The SMILES string of the molecule is N#C/C(=C1\C(=C(\N)c2c(F)c(F)c(F)c(F)c2F)\C1=C(/N)c1c(F)c(F)c(C(F)(F)F)c(F)c1F)c1c(F)c(F)c(F)c(F)c1F. The number of nitrogens with zero attached hydrogens (tertiary/aromatic N) is 1. The van der Waals surface area contributed by atoms with Crippen molar-refractivity contribution in [2.75, 3.05) is 0 Å². The minimum absolute atomic E-state index is 0.835. The Balaban J connectivity index is 2.26. The van der Waals surface area contributed by atoms with Crippen LogP contribution in [0.2, 0.25) is 0 Å². The average molecular weight is 681 g/mol. The van der Waals surface area contributed by atoms with Gasteiger partial charge < -0.3 is 11.5 Å². The van der Waals surface area contributed by atoms with Crippen molar-refractivity contribution in [2.24, 2.45) is 11.5 Å². The van der Waals surface area contributed by atoms with Crippen LogP contribution in [0, 0.1) is 92.8 Å². The third kappa shape index (κ3) is 4.68. The Morgan fingerprint density at radius 3 is 0.957 bits per heavy atom. The van der Waals surface area contributed by atoms with Gasteiger partial charge >= 0.3 is 6.18 Å². The molecule has 0 spiro atoms. The number of nitrogens with two attached hydrogens (primary N) is 2. The van der Waals surface area contributed by atoms with Crippen LogP contribution in [0.3, 0.4) is 0 Å². The van der Waals surface area contributed by atoms with Crippen LogP contribution in [-0.4, -0.2) is 0 Å². The maximum atomic E-state index is 14.8. The number of alkyl halides is 3. The molecule has 0 atom stereocenters. The number of benzene rings is 3. The summed E-state index contributed by atoms with van der Waals surface area (Å²) in [5.41, 5.74) is -9.03. The van der Waals surface area contributed by atoms with Crippen LogP contribution < -0.4 is 11.5 Å². The van der Waals surface area contributed by atoms with Gasteiger partial charge in [-0.15, -0.1) is 0 Å². The van der Waals surface area contributed by atoms with E-state index < -0.39 is 144 Å². The molecule has 1 fully saturated rings. The standard InChI is InChI=1S/C26H4F17N3/c27-10-4(11(28)19(36)22(39)18(10)35)2(1-44)3-5(6(3)25(46)8-14(31)20(37)23(40)21(38)15(8)32)24(45)7-12(29)16(33)9(26(41,42)43)17(34)13(7)30/h45-46H2/b3-2+,24-5-,25-6-. The second kappa shape index (κ2) is 11.0. The maximum absolute atomic E-state index is 14.8. The first-order valence-electron chi connectivity index (χ1n) is 11.3. The fourth-order valence-corrected chi connectivity index (χ4v) is 4.25. The lowest BCUT2D eigenvalue weighted by Crippen LogP contribution is -2.18. The second-order valence-corrected chi connectivity index (χ2v) is 8.83. The third-order valence-corrected chi connectivity index (χ3v) is 6.34. The van der Waals surface area contributed by atoms with Gasteiger partial charge in [0.05, 0.1) is 33.7 Å². The highest BCUT2D eigenvalue weighted by Gasteiger charge is 2.47. The van der Waals surface area contributed by atoms with Crippen LogP contribution in [-0.2, 0) is 6.18 Å². The van der Waals surface area contributed by atoms with E-state index in [0.29, 0.717) is 0 Å². The highest BCUT2D eigenvalue weighted by molar-refractivity contribution is 6.08. The lowest BCUT2D eigenvalue weighted by molar-refractivity contribution is -0.143. The summed E-state index contributed by atoms with van der Waals surface area (Å²) in [5, 5.41) is 9.57. The Morgan fingerprint density at radius 1 is 0.413 bits per heavy atom. The molecule has 1 aliphatic carbocycles. The molecule has 3 aromatic rings. The zero-order chi connectivity index (χ0) is 35.1. The van der Waals surface area contributed by atoms with Gasteiger partial charge in [-0.2, -0.15) is 18.4 Å². The van der Waals surface area contributed by atoms with E-state index in [0.717, 1.165) is 6.07 Å². The summed E-state index contributed by atoms with van der Waals surface area (Å²) in [6.07, 6.45) is -6.10. The Morgan fingerprint density at radius 2 is 0.674 bits per heavy atom. The monoisotopic (exact) mass is 681 g/mol. The van der Waals surface area contributed by atoms with Crippen molar-refractivity contribution in [1.29, 1.82) is 5.26 Å². The minimum Gasteiger partial charge on any atom is -0.398 e. The molecule has 4 N–H and O–H groups in total. The lowest BCUT2D eigenvalue weighted by Gasteiger charge is -2.14. The molecule has 0 radical (unpaired) electrons. The summed E-state index contributed by atoms with van der Waals surface area (Å²) < 4.78 is 238. The van der Waals surface area contributed by atoms with E-state index in [1.54, 1.807) is 0 Å². The van der Waals surface area contributed by atoms with E-state index >= 15 is 0 Å². The Labute approximate surface area is 241 Å². The molecule has 0 amide bonds. The summed E-state index contributed by atoms with van der Waals surface area (Å²) in [4.78, 5) is 0. The number of allylic oxidation sites excluding steroid dienone is 4. The van der Waals surface area contributed by atoms with Gasteiger partial charge in [0.1, 0.15) is 11.6 Å². The van der Waals surface area contributed by atoms with Crippen molar-refractivity contribution in [3.05, 3.63) is 120 Å². The Hall–Kier alpha value is -5.22. The highest BCUT2D eigenvalue weighted by Crippen LogP contribution is 2.56. The number of hydrogen-bond donors (Lipinski definition) is 2. The molecular weight excluding hydrogens is 677 g/mol. The van der Waals surface area contributed by atoms with Crippen LogP contribution in [0.25, 0.3) is 17.0 Å². The van der Waals surface area contributed by atoms with E-state index in [4.69, 9.17) is 11.5 Å². The first-order chi connectivity index (χ1) is 21.1. The molecule has 1 aliphatic rings. The van der Waals surface area contributed by atoms with Gasteiger partial charge in [-0.25, -0.2) is 61.5 Å². The average Bonchev–Trinajstić information content (AvgIpc) is 3.72. The number of rotatable bonds is 3. The van der Waals surface area contributed by atoms with Gasteiger partial charge in [0.2, 0.25) is 11.6 Å². The fourth-order valence-electron chi connectivity index (χ4n) is 4.25. The molecule has 0 aliphatic heterocycles. The zero-order valence-electron chi connectivity index (χ0n) is 21.0. The minimum atomic E-state index is -6.10. The molecule has 1 saturated carbocycles.